The Morgan fingerprint density at radius 3 is 2.84 bits per heavy atom. The van der Waals surface area contributed by atoms with E-state index in [0.717, 1.165) is 29.4 Å². The van der Waals surface area contributed by atoms with E-state index in [1.54, 1.807) is 24.3 Å². The fourth-order valence-corrected chi connectivity index (χ4v) is 4.03. The Balaban J connectivity index is 1.50. The van der Waals surface area contributed by atoms with Crippen LogP contribution in [0.3, 0.4) is 0 Å². The third kappa shape index (κ3) is 3.72. The van der Waals surface area contributed by atoms with Crippen molar-refractivity contribution in [3.8, 4) is 23.3 Å². The number of alkyl halides is 3. The Hall–Kier alpha value is -3.80. The van der Waals surface area contributed by atoms with Crippen LogP contribution in [0.5, 0.6) is 5.75 Å². The molecule has 0 fully saturated rings. The summed E-state index contributed by atoms with van der Waals surface area (Å²) in [6.45, 7) is 0.691. The number of hydrogen-bond acceptors (Lipinski definition) is 4. The molecule has 0 saturated heterocycles. The van der Waals surface area contributed by atoms with Crippen LogP contribution in [0.15, 0.2) is 48.5 Å². The molecule has 6 nitrogen and oxygen atoms in total. The third-order valence-electron chi connectivity index (χ3n) is 5.36. The molecule has 5 rings (SSSR count). The predicted molar refractivity (Wildman–Crippen MR) is 106 cm³/mol. The number of aromatic amines is 1. The minimum atomic E-state index is -4.74. The van der Waals surface area contributed by atoms with Crippen molar-refractivity contribution < 1.29 is 17.9 Å². The lowest BCUT2D eigenvalue weighted by Crippen LogP contribution is -2.19. The number of benzene rings is 2. The summed E-state index contributed by atoms with van der Waals surface area (Å²) in [5, 5.41) is 14.6. The Morgan fingerprint density at radius 1 is 1.16 bits per heavy atom. The van der Waals surface area contributed by atoms with Crippen LogP contribution in [0.2, 0.25) is 0 Å². The second-order valence-electron chi connectivity index (χ2n) is 7.43. The minimum absolute atomic E-state index is 0.179. The van der Waals surface area contributed by atoms with Gasteiger partial charge < -0.3 is 9.72 Å². The average Bonchev–Trinajstić information content (AvgIpc) is 3.35. The smallest absolute Gasteiger partial charge is 0.406 e. The van der Waals surface area contributed by atoms with Crippen molar-refractivity contribution in [1.29, 1.82) is 5.26 Å². The maximum absolute atomic E-state index is 12.6. The van der Waals surface area contributed by atoms with Gasteiger partial charge in [0.05, 0.1) is 17.3 Å². The van der Waals surface area contributed by atoms with Crippen molar-refractivity contribution in [2.75, 3.05) is 0 Å². The minimum Gasteiger partial charge on any atom is -0.406 e. The predicted octanol–water partition coefficient (Wildman–Crippen LogP) is 5.12. The number of fused-ring (bicyclic) bond motifs is 2. The van der Waals surface area contributed by atoms with Crippen LogP contribution in [-0.2, 0) is 6.54 Å². The van der Waals surface area contributed by atoms with E-state index < -0.39 is 6.36 Å². The number of rotatable bonds is 3. The summed E-state index contributed by atoms with van der Waals surface area (Å²) < 4.78 is 43.7. The number of aryl methyl sites for hydroxylation is 1. The van der Waals surface area contributed by atoms with E-state index in [0.29, 0.717) is 29.3 Å². The van der Waals surface area contributed by atoms with Crippen molar-refractivity contribution in [3.63, 3.8) is 0 Å². The maximum Gasteiger partial charge on any atom is 0.573 e. The Labute approximate surface area is 174 Å². The molecule has 0 radical (unpaired) electrons. The molecule has 1 aliphatic rings. The number of aromatic nitrogens is 4. The number of nitriles is 1. The van der Waals surface area contributed by atoms with E-state index in [-0.39, 0.29) is 11.7 Å². The summed E-state index contributed by atoms with van der Waals surface area (Å²) >= 11 is 0. The van der Waals surface area contributed by atoms with E-state index in [9.17, 15) is 13.2 Å². The van der Waals surface area contributed by atoms with E-state index in [1.807, 2.05) is 16.8 Å². The number of nitrogens with one attached hydrogen (secondary N) is 1. The molecule has 2 aromatic carbocycles. The third-order valence-corrected chi connectivity index (χ3v) is 5.36. The summed E-state index contributed by atoms with van der Waals surface area (Å²) in [6.07, 6.45) is -3.14. The van der Waals surface area contributed by atoms with Crippen LogP contribution in [0, 0.1) is 11.3 Å². The quantitative estimate of drug-likeness (QED) is 0.496. The Morgan fingerprint density at radius 2 is 2.03 bits per heavy atom. The lowest BCUT2D eigenvalue weighted by atomic mass is 9.91. The highest BCUT2D eigenvalue weighted by atomic mass is 19.4. The number of halogens is 3. The molecule has 1 N–H and O–H groups in total. The molecule has 31 heavy (non-hydrogen) atoms. The molecule has 156 valence electrons. The van der Waals surface area contributed by atoms with Gasteiger partial charge in [0.15, 0.2) is 5.82 Å². The van der Waals surface area contributed by atoms with Gasteiger partial charge in [0.2, 0.25) is 0 Å². The van der Waals surface area contributed by atoms with Gasteiger partial charge in [-0.1, -0.05) is 12.1 Å². The Kier molecular flexibility index (Phi) is 4.43. The first-order valence-corrected chi connectivity index (χ1v) is 9.73. The van der Waals surface area contributed by atoms with Crippen LogP contribution in [0.4, 0.5) is 13.2 Å². The molecule has 3 heterocycles. The standard InChI is InChI=1S/C22H16F3N5O/c23-22(24,25)31-16-4-1-3-14(10-16)17-5-2-8-30-21(17)28-20(29-30)19-11-15-9-13(12-26)6-7-18(15)27-19/h1,3-4,6-7,9-11,17,27H,2,5,8H2. The normalized spacial score (nSPS) is 16.1. The van der Waals surface area contributed by atoms with Gasteiger partial charge in [-0.3, -0.25) is 0 Å². The van der Waals surface area contributed by atoms with Gasteiger partial charge in [0, 0.05) is 23.4 Å². The molecule has 0 saturated carbocycles. The van der Waals surface area contributed by atoms with Crippen molar-refractivity contribution in [3.05, 3.63) is 65.5 Å². The first kappa shape index (κ1) is 19.2. The molecule has 2 aromatic heterocycles. The molecular weight excluding hydrogens is 407 g/mol. The van der Waals surface area contributed by atoms with Crippen molar-refractivity contribution >= 4 is 10.9 Å². The van der Waals surface area contributed by atoms with Crippen LogP contribution >= 0.6 is 0 Å². The molecule has 1 atom stereocenters. The van der Waals surface area contributed by atoms with Crippen LogP contribution in [0.25, 0.3) is 22.4 Å². The highest BCUT2D eigenvalue weighted by Crippen LogP contribution is 2.36. The van der Waals surface area contributed by atoms with Crippen molar-refractivity contribution in [1.82, 2.24) is 19.7 Å². The second-order valence-corrected chi connectivity index (χ2v) is 7.43. The molecule has 0 aliphatic carbocycles. The van der Waals surface area contributed by atoms with Crippen molar-refractivity contribution in [2.24, 2.45) is 0 Å². The lowest BCUT2D eigenvalue weighted by molar-refractivity contribution is -0.274. The molecule has 4 aromatic rings. The first-order valence-electron chi connectivity index (χ1n) is 9.73. The van der Waals surface area contributed by atoms with Crippen LogP contribution in [-0.4, -0.2) is 26.1 Å². The summed E-state index contributed by atoms with van der Waals surface area (Å²) in [6, 6.07) is 15.4. The zero-order valence-corrected chi connectivity index (χ0v) is 16.1. The van der Waals surface area contributed by atoms with Gasteiger partial charge in [-0.2, -0.15) is 5.26 Å². The van der Waals surface area contributed by atoms with Gasteiger partial charge in [-0.05, 0) is 54.8 Å². The molecule has 0 spiro atoms. The maximum atomic E-state index is 12.6. The van der Waals surface area contributed by atoms with E-state index in [2.05, 4.69) is 20.9 Å². The molecule has 9 heteroatoms. The number of ether oxygens (including phenoxy) is 1. The molecule has 1 aliphatic heterocycles. The fraction of sp³-hybridized carbons (Fsp3) is 0.227. The van der Waals surface area contributed by atoms with Gasteiger partial charge in [-0.25, -0.2) is 9.67 Å². The lowest BCUT2D eigenvalue weighted by Gasteiger charge is -2.22. The summed E-state index contributed by atoms with van der Waals surface area (Å²) in [5.41, 5.74) is 2.86. The molecular formula is C22H16F3N5O. The summed E-state index contributed by atoms with van der Waals surface area (Å²) in [4.78, 5) is 7.98. The number of nitrogens with zero attached hydrogens (tertiary/aromatic N) is 4. The first-order chi connectivity index (χ1) is 14.9. The second kappa shape index (κ2) is 7.16. The topological polar surface area (TPSA) is 79.5 Å². The largest absolute Gasteiger partial charge is 0.573 e. The fourth-order valence-electron chi connectivity index (χ4n) is 4.03. The summed E-state index contributed by atoms with van der Waals surface area (Å²) in [7, 11) is 0. The average molecular weight is 423 g/mol. The summed E-state index contributed by atoms with van der Waals surface area (Å²) in [5.74, 6) is 0.799. The highest BCUT2D eigenvalue weighted by molar-refractivity contribution is 5.85. The number of hydrogen-bond donors (Lipinski definition) is 1. The molecule has 0 bridgehead atoms. The van der Waals surface area contributed by atoms with E-state index in [1.165, 1.54) is 12.1 Å². The van der Waals surface area contributed by atoms with Crippen LogP contribution in [0.1, 0.15) is 35.7 Å². The van der Waals surface area contributed by atoms with Gasteiger partial charge in [0.25, 0.3) is 0 Å². The van der Waals surface area contributed by atoms with E-state index in [4.69, 9.17) is 10.2 Å². The van der Waals surface area contributed by atoms with Gasteiger partial charge in [-0.15, -0.1) is 18.3 Å². The van der Waals surface area contributed by atoms with Gasteiger partial charge in [0.1, 0.15) is 11.6 Å². The SMILES string of the molecule is N#Cc1ccc2[nH]c(-c3nc4n(n3)CCCC4c3cccc(OC(F)(F)F)c3)cc2c1. The highest BCUT2D eigenvalue weighted by Gasteiger charge is 2.32. The molecule has 0 amide bonds. The molecule has 1 unspecified atom stereocenters. The zero-order valence-electron chi connectivity index (χ0n) is 16.1. The monoisotopic (exact) mass is 423 g/mol. The van der Waals surface area contributed by atoms with Crippen molar-refractivity contribution in [2.45, 2.75) is 31.7 Å². The Bertz CT molecular complexity index is 1310. The van der Waals surface area contributed by atoms with Gasteiger partial charge >= 0.3 is 6.36 Å². The zero-order chi connectivity index (χ0) is 21.6. The number of H-pyrrole nitrogens is 1. The van der Waals surface area contributed by atoms with E-state index >= 15 is 0 Å². The van der Waals surface area contributed by atoms with Crippen LogP contribution < -0.4 is 4.74 Å².